The van der Waals surface area contributed by atoms with Crippen LogP contribution >= 0.6 is 0 Å². The molecule has 33 heavy (non-hydrogen) atoms. The first-order valence-corrected chi connectivity index (χ1v) is 10.9. The fraction of sp³-hybridized carbons (Fsp3) is 0.148. The highest BCUT2D eigenvalue weighted by Crippen LogP contribution is 2.27. The van der Waals surface area contributed by atoms with Gasteiger partial charge in [-0.1, -0.05) is 48.5 Å². The fourth-order valence-electron chi connectivity index (χ4n) is 3.66. The molecule has 2 amide bonds. The van der Waals surface area contributed by atoms with Crippen molar-refractivity contribution in [1.82, 2.24) is 5.43 Å². The van der Waals surface area contributed by atoms with Crippen LogP contribution in [0.25, 0.3) is 21.5 Å². The van der Waals surface area contributed by atoms with Crippen LogP contribution in [-0.4, -0.2) is 24.6 Å². The fourth-order valence-corrected chi connectivity index (χ4v) is 3.66. The number of carbonyl (C=O) groups is 2. The summed E-state index contributed by atoms with van der Waals surface area (Å²) < 4.78 is 5.38. The van der Waals surface area contributed by atoms with E-state index in [2.05, 4.69) is 34.0 Å². The number of amides is 2. The van der Waals surface area contributed by atoms with E-state index in [9.17, 15) is 9.59 Å². The molecule has 4 aromatic rings. The Balaban J connectivity index is 1.35. The summed E-state index contributed by atoms with van der Waals surface area (Å²) in [6.45, 7) is 2.50. The quantitative estimate of drug-likeness (QED) is 0.223. The van der Waals surface area contributed by atoms with Gasteiger partial charge in [-0.2, -0.15) is 5.10 Å². The van der Waals surface area contributed by atoms with Crippen molar-refractivity contribution >= 4 is 45.3 Å². The van der Waals surface area contributed by atoms with Crippen LogP contribution in [0, 0.1) is 0 Å². The van der Waals surface area contributed by atoms with E-state index in [1.807, 2.05) is 43.3 Å². The standard InChI is InChI=1S/C27H25N3O3/c1-2-33-22-13-11-21(12-14-22)29-26(31)15-16-27(32)30-28-18-25-23-9-5-3-7-19(23)17-20-8-4-6-10-24(20)25/h3-14,17-18H,2,15-16H2,1H3,(H,29,31)(H,30,32). The zero-order valence-corrected chi connectivity index (χ0v) is 18.4. The molecule has 0 unspecified atom stereocenters. The highest BCUT2D eigenvalue weighted by molar-refractivity contribution is 6.13. The van der Waals surface area contributed by atoms with Gasteiger partial charge in [0.1, 0.15) is 5.75 Å². The first kappa shape index (κ1) is 22.0. The Labute approximate surface area is 192 Å². The lowest BCUT2D eigenvalue weighted by molar-refractivity contribution is -0.124. The molecule has 0 atom stereocenters. The summed E-state index contributed by atoms with van der Waals surface area (Å²) >= 11 is 0. The SMILES string of the molecule is CCOc1ccc(NC(=O)CCC(=O)NN=Cc2c3ccccc3cc3ccccc23)cc1. The van der Waals surface area contributed by atoms with Gasteiger partial charge in [-0.3, -0.25) is 9.59 Å². The second-order valence-electron chi connectivity index (χ2n) is 7.53. The predicted octanol–water partition coefficient (Wildman–Crippen LogP) is 5.26. The second-order valence-corrected chi connectivity index (χ2v) is 7.53. The monoisotopic (exact) mass is 439 g/mol. The Hall–Kier alpha value is -4.19. The summed E-state index contributed by atoms with van der Waals surface area (Å²) in [5.41, 5.74) is 4.13. The minimum absolute atomic E-state index is 0.0382. The van der Waals surface area contributed by atoms with E-state index < -0.39 is 0 Å². The summed E-state index contributed by atoms with van der Waals surface area (Å²) in [4.78, 5) is 24.4. The van der Waals surface area contributed by atoms with Crippen molar-refractivity contribution in [3.8, 4) is 5.75 Å². The molecule has 0 saturated heterocycles. The Morgan fingerprint density at radius 2 is 1.45 bits per heavy atom. The number of carbonyl (C=O) groups excluding carboxylic acids is 2. The molecule has 6 nitrogen and oxygen atoms in total. The van der Waals surface area contributed by atoms with Crippen molar-refractivity contribution in [3.05, 3.63) is 84.4 Å². The first-order valence-electron chi connectivity index (χ1n) is 10.9. The second kappa shape index (κ2) is 10.4. The van der Waals surface area contributed by atoms with Crippen LogP contribution in [-0.2, 0) is 9.59 Å². The zero-order chi connectivity index (χ0) is 23.0. The molecule has 0 aliphatic rings. The van der Waals surface area contributed by atoms with Crippen LogP contribution < -0.4 is 15.5 Å². The third-order valence-corrected chi connectivity index (χ3v) is 5.22. The summed E-state index contributed by atoms with van der Waals surface area (Å²) in [6, 6.07) is 25.4. The average molecular weight is 440 g/mol. The minimum Gasteiger partial charge on any atom is -0.494 e. The van der Waals surface area contributed by atoms with Crippen LogP contribution in [0.1, 0.15) is 25.3 Å². The molecule has 0 spiro atoms. The van der Waals surface area contributed by atoms with E-state index in [1.54, 1.807) is 30.5 Å². The number of nitrogens with zero attached hydrogens (tertiary/aromatic N) is 1. The molecular weight excluding hydrogens is 414 g/mol. The van der Waals surface area contributed by atoms with Gasteiger partial charge >= 0.3 is 0 Å². The first-order chi connectivity index (χ1) is 16.1. The number of fused-ring (bicyclic) bond motifs is 2. The Bertz CT molecular complexity index is 1260. The van der Waals surface area contributed by atoms with Crippen LogP contribution in [0.3, 0.4) is 0 Å². The maximum Gasteiger partial charge on any atom is 0.240 e. The van der Waals surface area contributed by atoms with E-state index >= 15 is 0 Å². The molecule has 0 heterocycles. The maximum absolute atomic E-state index is 12.2. The van der Waals surface area contributed by atoms with Gasteiger partial charge in [0.2, 0.25) is 11.8 Å². The van der Waals surface area contributed by atoms with Gasteiger partial charge in [-0.05, 0) is 58.8 Å². The molecule has 0 aliphatic heterocycles. The smallest absolute Gasteiger partial charge is 0.240 e. The number of ether oxygens (including phenoxy) is 1. The van der Waals surface area contributed by atoms with Gasteiger partial charge < -0.3 is 10.1 Å². The summed E-state index contributed by atoms with van der Waals surface area (Å²) in [5, 5.41) is 11.3. The molecule has 0 bridgehead atoms. The molecule has 166 valence electrons. The van der Waals surface area contributed by atoms with E-state index in [-0.39, 0.29) is 24.7 Å². The van der Waals surface area contributed by atoms with E-state index in [4.69, 9.17) is 4.74 Å². The van der Waals surface area contributed by atoms with E-state index in [0.29, 0.717) is 12.3 Å². The number of rotatable bonds is 8. The molecule has 4 aromatic carbocycles. The van der Waals surface area contributed by atoms with Crippen molar-refractivity contribution < 1.29 is 14.3 Å². The van der Waals surface area contributed by atoms with Crippen molar-refractivity contribution in [2.24, 2.45) is 5.10 Å². The molecule has 0 fully saturated rings. The molecule has 0 aromatic heterocycles. The maximum atomic E-state index is 12.2. The normalized spacial score (nSPS) is 11.1. The van der Waals surface area contributed by atoms with Crippen LogP contribution in [0.5, 0.6) is 5.75 Å². The zero-order valence-electron chi connectivity index (χ0n) is 18.4. The number of hydrogen-bond acceptors (Lipinski definition) is 4. The minimum atomic E-state index is -0.322. The van der Waals surface area contributed by atoms with Gasteiger partial charge in [-0.25, -0.2) is 5.43 Å². The summed E-state index contributed by atoms with van der Waals surface area (Å²) in [7, 11) is 0. The number of anilines is 1. The number of nitrogens with one attached hydrogen (secondary N) is 2. The van der Waals surface area contributed by atoms with Crippen molar-refractivity contribution in [2.45, 2.75) is 19.8 Å². The number of benzene rings is 4. The molecule has 2 N–H and O–H groups in total. The lowest BCUT2D eigenvalue weighted by atomic mass is 9.97. The molecule has 0 radical (unpaired) electrons. The lowest BCUT2D eigenvalue weighted by Crippen LogP contribution is -2.20. The highest BCUT2D eigenvalue weighted by Gasteiger charge is 2.08. The van der Waals surface area contributed by atoms with E-state index in [1.165, 1.54) is 0 Å². The molecule has 0 saturated carbocycles. The van der Waals surface area contributed by atoms with Crippen molar-refractivity contribution in [2.75, 3.05) is 11.9 Å². The van der Waals surface area contributed by atoms with Gasteiger partial charge in [0.05, 0.1) is 12.8 Å². The third-order valence-electron chi connectivity index (χ3n) is 5.22. The van der Waals surface area contributed by atoms with Gasteiger partial charge in [0.25, 0.3) is 0 Å². The number of hydrogen-bond donors (Lipinski definition) is 2. The highest BCUT2D eigenvalue weighted by atomic mass is 16.5. The molecular formula is C27H25N3O3. The van der Waals surface area contributed by atoms with Crippen molar-refractivity contribution in [3.63, 3.8) is 0 Å². The van der Waals surface area contributed by atoms with Gasteiger partial charge in [-0.15, -0.1) is 0 Å². The van der Waals surface area contributed by atoms with Gasteiger partial charge in [0, 0.05) is 24.1 Å². The molecule has 6 heteroatoms. The lowest BCUT2D eigenvalue weighted by Gasteiger charge is -2.08. The molecule has 0 aliphatic carbocycles. The van der Waals surface area contributed by atoms with Crippen molar-refractivity contribution in [1.29, 1.82) is 0 Å². The van der Waals surface area contributed by atoms with Crippen LogP contribution in [0.2, 0.25) is 0 Å². The Morgan fingerprint density at radius 3 is 2.09 bits per heavy atom. The predicted molar refractivity (Wildman–Crippen MR) is 133 cm³/mol. The number of hydrazone groups is 1. The largest absolute Gasteiger partial charge is 0.494 e. The van der Waals surface area contributed by atoms with Crippen LogP contribution in [0.4, 0.5) is 5.69 Å². The third kappa shape index (κ3) is 5.54. The van der Waals surface area contributed by atoms with E-state index in [0.717, 1.165) is 32.9 Å². The Morgan fingerprint density at radius 1 is 0.848 bits per heavy atom. The Kier molecular flexibility index (Phi) is 6.95. The average Bonchev–Trinajstić information content (AvgIpc) is 2.84. The molecule has 4 rings (SSSR count). The summed E-state index contributed by atoms with van der Waals surface area (Å²) in [6.07, 6.45) is 1.77. The topological polar surface area (TPSA) is 79.8 Å². The summed E-state index contributed by atoms with van der Waals surface area (Å²) in [5.74, 6) is 0.183. The van der Waals surface area contributed by atoms with Gasteiger partial charge in [0.15, 0.2) is 0 Å². The van der Waals surface area contributed by atoms with Crippen LogP contribution in [0.15, 0.2) is 84.0 Å².